The third-order valence-corrected chi connectivity index (χ3v) is 5.14. The highest BCUT2D eigenvalue weighted by atomic mass is 19.4. The number of allylic oxidation sites excluding steroid dienone is 10. The highest BCUT2D eigenvalue weighted by molar-refractivity contribution is 5.97. The van der Waals surface area contributed by atoms with Gasteiger partial charge in [0, 0.05) is 11.5 Å². The lowest BCUT2D eigenvalue weighted by Crippen LogP contribution is -2.15. The summed E-state index contributed by atoms with van der Waals surface area (Å²) in [6.07, 6.45) is 7.69. The molecule has 1 atom stereocenters. The molecule has 0 aromatic carbocycles. The fraction of sp³-hybridized carbons (Fsp3) is 0.500. The van der Waals surface area contributed by atoms with Crippen molar-refractivity contribution >= 4 is 5.78 Å². The van der Waals surface area contributed by atoms with Crippen LogP contribution in [-0.4, -0.2) is 12.0 Å². The average Bonchev–Trinajstić information content (AvgIpc) is 2.70. The molecule has 2 rings (SSSR count). The fourth-order valence-corrected chi connectivity index (χ4v) is 3.46. The Morgan fingerprint density at radius 3 is 2.58 bits per heavy atom. The Morgan fingerprint density at radius 1 is 1.19 bits per heavy atom. The van der Waals surface area contributed by atoms with Crippen LogP contribution in [0.3, 0.4) is 0 Å². The van der Waals surface area contributed by atoms with Crippen molar-refractivity contribution < 1.29 is 18.0 Å². The molecular weight excluding hydrogens is 337 g/mol. The van der Waals surface area contributed by atoms with Gasteiger partial charge in [-0.3, -0.25) is 4.79 Å². The predicted octanol–water partition coefficient (Wildman–Crippen LogP) is 6.79. The maximum absolute atomic E-state index is 13.2. The first-order valence-electron chi connectivity index (χ1n) is 9.33. The van der Waals surface area contributed by atoms with Gasteiger partial charge in [0.1, 0.15) is 0 Å². The van der Waals surface area contributed by atoms with Gasteiger partial charge in [-0.15, -0.1) is 0 Å². The minimum absolute atomic E-state index is 0.0175. The van der Waals surface area contributed by atoms with E-state index in [9.17, 15) is 18.0 Å². The van der Waals surface area contributed by atoms with Crippen LogP contribution in [0.1, 0.15) is 59.3 Å². The number of carbonyl (C=O) groups excluding carboxylic acids is 1. The zero-order valence-corrected chi connectivity index (χ0v) is 15.7. The van der Waals surface area contributed by atoms with Crippen molar-refractivity contribution in [1.82, 2.24) is 0 Å². The molecule has 0 aliphatic heterocycles. The van der Waals surface area contributed by atoms with Gasteiger partial charge in [0.2, 0.25) is 0 Å². The molecule has 2 aliphatic carbocycles. The first-order valence-corrected chi connectivity index (χ1v) is 9.33. The van der Waals surface area contributed by atoms with Gasteiger partial charge in [0.25, 0.3) is 0 Å². The van der Waals surface area contributed by atoms with Gasteiger partial charge in [0.05, 0.1) is 0 Å². The van der Waals surface area contributed by atoms with Crippen molar-refractivity contribution in [3.05, 3.63) is 58.2 Å². The minimum atomic E-state index is -4.30. The van der Waals surface area contributed by atoms with Crippen molar-refractivity contribution in [2.45, 2.75) is 65.5 Å². The number of alkyl halides is 3. The van der Waals surface area contributed by atoms with Crippen molar-refractivity contribution in [3.8, 4) is 0 Å². The highest BCUT2D eigenvalue weighted by Gasteiger charge is 2.32. The van der Waals surface area contributed by atoms with Crippen molar-refractivity contribution in [2.75, 3.05) is 0 Å². The molecule has 0 aromatic rings. The zero-order valence-electron chi connectivity index (χ0n) is 15.7. The summed E-state index contributed by atoms with van der Waals surface area (Å²) in [5.74, 6) is 0.105. The lowest BCUT2D eigenvalue weighted by Gasteiger charge is -2.20. The Bertz CT molecular complexity index is 699. The van der Waals surface area contributed by atoms with Crippen LogP contribution in [0, 0.1) is 5.92 Å². The molecule has 0 heterocycles. The van der Waals surface area contributed by atoms with E-state index in [0.717, 1.165) is 30.4 Å². The molecule has 1 nitrogen and oxygen atoms in total. The Balaban J connectivity index is 2.56. The van der Waals surface area contributed by atoms with Crippen LogP contribution in [0.4, 0.5) is 13.2 Å². The standard InChI is InChI=1S/C22H27F3O/c1-4-17-11-10-15(2)21(26)16(3)14-20(17)18-8-6-5-7-9-19(13-12-18)22(23,24)25/h6,8,12-15H,4-5,7,9-11H2,1-3H3/b8-6?,16-14-,18-12-,19-13+,20-17+. The summed E-state index contributed by atoms with van der Waals surface area (Å²) in [5, 5.41) is 0. The summed E-state index contributed by atoms with van der Waals surface area (Å²) in [4.78, 5) is 12.4. The SMILES string of the molecule is CC/C1=C(\C2=C/C=C(/C(F)(F)F)CCCC=C2)/C=C(/C)C(=O)C(C)CC1. The van der Waals surface area contributed by atoms with E-state index < -0.39 is 11.7 Å². The zero-order chi connectivity index (χ0) is 19.3. The Morgan fingerprint density at radius 2 is 1.92 bits per heavy atom. The number of ketones is 1. The Hall–Kier alpha value is -1.84. The molecule has 4 heteroatoms. The maximum Gasteiger partial charge on any atom is 0.412 e. The molecule has 1 unspecified atom stereocenters. The van der Waals surface area contributed by atoms with Gasteiger partial charge in [-0.2, -0.15) is 13.2 Å². The second-order valence-corrected chi connectivity index (χ2v) is 7.11. The third-order valence-electron chi connectivity index (χ3n) is 5.14. The summed E-state index contributed by atoms with van der Waals surface area (Å²) in [7, 11) is 0. The largest absolute Gasteiger partial charge is 0.412 e. The summed E-state index contributed by atoms with van der Waals surface area (Å²) >= 11 is 0. The van der Waals surface area contributed by atoms with Crippen LogP contribution >= 0.6 is 0 Å². The average molecular weight is 364 g/mol. The van der Waals surface area contributed by atoms with E-state index in [2.05, 4.69) is 6.92 Å². The molecule has 0 radical (unpaired) electrons. The number of rotatable bonds is 2. The summed E-state index contributed by atoms with van der Waals surface area (Å²) in [6.45, 7) is 5.80. The van der Waals surface area contributed by atoms with E-state index in [-0.39, 0.29) is 18.1 Å². The molecule has 0 fully saturated rings. The Kier molecular flexibility index (Phi) is 6.85. The van der Waals surface area contributed by atoms with E-state index in [1.807, 2.05) is 25.2 Å². The second kappa shape index (κ2) is 8.70. The summed E-state index contributed by atoms with van der Waals surface area (Å²) < 4.78 is 39.6. The molecule has 0 saturated heterocycles. The molecule has 142 valence electrons. The molecule has 0 saturated carbocycles. The van der Waals surface area contributed by atoms with E-state index in [0.29, 0.717) is 18.4 Å². The van der Waals surface area contributed by atoms with Gasteiger partial charge in [-0.25, -0.2) is 0 Å². The van der Waals surface area contributed by atoms with Crippen LogP contribution in [0.5, 0.6) is 0 Å². The fourth-order valence-electron chi connectivity index (χ4n) is 3.46. The van der Waals surface area contributed by atoms with Crippen molar-refractivity contribution in [3.63, 3.8) is 0 Å². The topological polar surface area (TPSA) is 17.1 Å². The monoisotopic (exact) mass is 364 g/mol. The van der Waals surface area contributed by atoms with Gasteiger partial charge < -0.3 is 0 Å². The summed E-state index contributed by atoms with van der Waals surface area (Å²) in [6, 6.07) is 0. The van der Waals surface area contributed by atoms with E-state index >= 15 is 0 Å². The van der Waals surface area contributed by atoms with Crippen LogP contribution < -0.4 is 0 Å². The number of hydrogen-bond donors (Lipinski definition) is 0. The van der Waals surface area contributed by atoms with E-state index in [1.165, 1.54) is 11.6 Å². The quantitative estimate of drug-likeness (QED) is 0.527. The molecule has 0 spiro atoms. The molecule has 0 N–H and O–H groups in total. The van der Waals surface area contributed by atoms with Gasteiger partial charge in [-0.05, 0) is 68.2 Å². The number of hydrogen-bond acceptors (Lipinski definition) is 1. The van der Waals surface area contributed by atoms with Crippen molar-refractivity contribution in [2.24, 2.45) is 5.92 Å². The van der Waals surface area contributed by atoms with Crippen LogP contribution in [0.2, 0.25) is 0 Å². The summed E-state index contributed by atoms with van der Waals surface area (Å²) in [5.41, 5.74) is 3.04. The molecular formula is C22H27F3O. The van der Waals surface area contributed by atoms with Crippen LogP contribution in [-0.2, 0) is 4.79 Å². The van der Waals surface area contributed by atoms with Gasteiger partial charge in [0.15, 0.2) is 5.78 Å². The maximum atomic E-state index is 13.2. The van der Waals surface area contributed by atoms with Gasteiger partial charge >= 0.3 is 6.18 Å². The lowest BCUT2D eigenvalue weighted by molar-refractivity contribution is -0.118. The van der Waals surface area contributed by atoms with Gasteiger partial charge in [-0.1, -0.05) is 43.7 Å². The first-order chi connectivity index (χ1) is 12.2. The predicted molar refractivity (Wildman–Crippen MR) is 99.7 cm³/mol. The minimum Gasteiger partial charge on any atom is -0.294 e. The number of halogens is 3. The smallest absolute Gasteiger partial charge is 0.294 e. The molecule has 0 aromatic heterocycles. The molecule has 0 amide bonds. The van der Waals surface area contributed by atoms with Crippen LogP contribution in [0.15, 0.2) is 58.2 Å². The molecule has 26 heavy (non-hydrogen) atoms. The third kappa shape index (κ3) is 5.09. The second-order valence-electron chi connectivity index (χ2n) is 7.11. The van der Waals surface area contributed by atoms with Crippen LogP contribution in [0.25, 0.3) is 0 Å². The normalized spacial score (nSPS) is 32.0. The lowest BCUT2D eigenvalue weighted by atomic mass is 9.84. The Labute approximate surface area is 154 Å². The van der Waals surface area contributed by atoms with Crippen molar-refractivity contribution in [1.29, 1.82) is 0 Å². The van der Waals surface area contributed by atoms with E-state index in [4.69, 9.17) is 0 Å². The molecule has 2 aliphatic rings. The first kappa shape index (κ1) is 20.5. The molecule has 0 bridgehead atoms. The highest BCUT2D eigenvalue weighted by Crippen LogP contribution is 2.33. The number of carbonyl (C=O) groups is 1. The number of Topliss-reactive ketones (excluding diaryl/α,β-unsaturated/α-hetero) is 1. The van der Waals surface area contributed by atoms with E-state index in [1.54, 1.807) is 13.0 Å².